The minimum Gasteiger partial charge on any atom is -0.324 e. The summed E-state index contributed by atoms with van der Waals surface area (Å²) in [5.74, 6) is 4.66. The topological polar surface area (TPSA) is 44.5 Å². The average Bonchev–Trinajstić information content (AvgIpc) is 1.68. The van der Waals surface area contributed by atoms with Crippen LogP contribution in [0.4, 0.5) is 0 Å². The summed E-state index contributed by atoms with van der Waals surface area (Å²) in [6.07, 6.45) is 0. The van der Waals surface area contributed by atoms with E-state index in [-0.39, 0.29) is 0 Å². The van der Waals surface area contributed by atoms with E-state index in [4.69, 9.17) is 0 Å². The first-order valence-corrected chi connectivity index (χ1v) is 5.18. The van der Waals surface area contributed by atoms with E-state index >= 15 is 0 Å². The fraction of sp³-hybridized carbons (Fsp3) is 1.00. The third-order valence-electron chi connectivity index (χ3n) is 0.364. The molecule has 1 atom stereocenters. The Bertz CT molecular complexity index is 87.7. The van der Waals surface area contributed by atoms with E-state index in [9.17, 15) is 0 Å². The van der Waals surface area contributed by atoms with Crippen LogP contribution in [-0.4, -0.2) is 7.11 Å². The minimum absolute atomic E-state index is 1.40. The third-order valence-corrected chi connectivity index (χ3v) is 2.57. The molecule has 0 fully saturated rings. The predicted molar refractivity (Wildman–Crippen MR) is 35.6 cm³/mol. The lowest BCUT2D eigenvalue weighted by Crippen LogP contribution is -1.92. The molecule has 0 aromatic rings. The summed E-state index contributed by atoms with van der Waals surface area (Å²) >= 11 is 8.29. The fourth-order valence-corrected chi connectivity index (χ4v) is 0.129. The van der Waals surface area contributed by atoms with Crippen molar-refractivity contribution in [2.24, 2.45) is 5.90 Å². The molecule has 0 aliphatic heterocycles. The summed E-state index contributed by atoms with van der Waals surface area (Å²) in [4.78, 5) is 0. The molecule has 0 rings (SSSR count). The lowest BCUT2D eigenvalue weighted by Gasteiger charge is -2.06. The SMILES string of the molecule is COP(=S)(S)ON. The van der Waals surface area contributed by atoms with Gasteiger partial charge in [0.15, 0.2) is 0 Å². The summed E-state index contributed by atoms with van der Waals surface area (Å²) in [6, 6.07) is 0. The Labute approximate surface area is 52.5 Å². The first-order valence-electron chi connectivity index (χ1n) is 1.39. The van der Waals surface area contributed by atoms with E-state index < -0.39 is 5.69 Å². The number of rotatable bonds is 2. The molecular weight excluding hydrogens is 153 g/mol. The Morgan fingerprint density at radius 2 is 2.29 bits per heavy atom. The number of nitrogens with two attached hydrogens (primary N) is 1. The molecule has 0 amide bonds. The van der Waals surface area contributed by atoms with Gasteiger partial charge in [-0.3, -0.25) is 0 Å². The highest BCUT2D eigenvalue weighted by atomic mass is 32.9. The molecule has 7 heavy (non-hydrogen) atoms. The molecule has 0 radical (unpaired) electrons. The molecule has 6 heteroatoms. The van der Waals surface area contributed by atoms with Crippen molar-refractivity contribution in [2.75, 3.05) is 7.11 Å². The lowest BCUT2D eigenvalue weighted by molar-refractivity contribution is 0.305. The Kier molecular flexibility index (Phi) is 3.40. The van der Waals surface area contributed by atoms with Crippen LogP contribution >= 0.6 is 17.9 Å². The van der Waals surface area contributed by atoms with Gasteiger partial charge in [0.05, 0.1) is 0 Å². The minimum atomic E-state index is -2.35. The zero-order valence-electron chi connectivity index (χ0n) is 3.70. The first kappa shape index (κ1) is 7.88. The molecule has 2 N–H and O–H groups in total. The highest BCUT2D eigenvalue weighted by molar-refractivity contribution is 8.60. The number of hydrogen-bond donors (Lipinski definition) is 2. The van der Waals surface area contributed by atoms with Crippen LogP contribution in [0.5, 0.6) is 0 Å². The highest BCUT2D eigenvalue weighted by Crippen LogP contribution is 2.50. The van der Waals surface area contributed by atoms with Crippen molar-refractivity contribution in [3.63, 3.8) is 0 Å². The van der Waals surface area contributed by atoms with Crippen LogP contribution in [0.25, 0.3) is 0 Å². The van der Waals surface area contributed by atoms with Gasteiger partial charge in [0.1, 0.15) is 0 Å². The van der Waals surface area contributed by atoms with Crippen LogP contribution in [0.2, 0.25) is 0 Å². The van der Waals surface area contributed by atoms with Gasteiger partial charge in [-0.05, 0) is 11.8 Å². The zero-order valence-corrected chi connectivity index (χ0v) is 6.30. The van der Waals surface area contributed by atoms with E-state index in [0.29, 0.717) is 0 Å². The van der Waals surface area contributed by atoms with Gasteiger partial charge < -0.3 is 4.52 Å². The van der Waals surface area contributed by atoms with Gasteiger partial charge in [0, 0.05) is 7.11 Å². The van der Waals surface area contributed by atoms with Crippen molar-refractivity contribution in [1.82, 2.24) is 0 Å². The number of hydrogen-bond acceptors (Lipinski definition) is 4. The largest absolute Gasteiger partial charge is 0.324 e. The van der Waals surface area contributed by atoms with Gasteiger partial charge >= 0.3 is 0 Å². The van der Waals surface area contributed by atoms with Crippen molar-refractivity contribution in [2.45, 2.75) is 0 Å². The maximum atomic E-state index is 4.66. The van der Waals surface area contributed by atoms with E-state index in [1.54, 1.807) is 0 Å². The van der Waals surface area contributed by atoms with Crippen molar-refractivity contribution in [1.29, 1.82) is 0 Å². The van der Waals surface area contributed by atoms with Crippen LogP contribution < -0.4 is 5.90 Å². The van der Waals surface area contributed by atoms with Crippen LogP contribution in [0, 0.1) is 0 Å². The van der Waals surface area contributed by atoms with Crippen molar-refractivity contribution >= 4 is 29.7 Å². The molecule has 0 aromatic carbocycles. The van der Waals surface area contributed by atoms with Crippen LogP contribution in [-0.2, 0) is 21.0 Å². The third kappa shape index (κ3) is 3.46. The van der Waals surface area contributed by atoms with Gasteiger partial charge in [0.25, 0.3) is 5.69 Å². The second-order valence-electron chi connectivity index (χ2n) is 0.757. The molecule has 0 aliphatic rings. The summed E-state index contributed by atoms with van der Waals surface area (Å²) in [7, 11) is 1.40. The van der Waals surface area contributed by atoms with E-state index in [2.05, 4.69) is 39.1 Å². The lowest BCUT2D eigenvalue weighted by atomic mass is 11.8. The Morgan fingerprint density at radius 3 is 2.29 bits per heavy atom. The quantitative estimate of drug-likeness (QED) is 0.353. The monoisotopic (exact) mass is 159 g/mol. The van der Waals surface area contributed by atoms with Gasteiger partial charge in [-0.1, -0.05) is 12.2 Å². The summed E-state index contributed by atoms with van der Waals surface area (Å²) < 4.78 is 8.68. The maximum Gasteiger partial charge on any atom is 0.260 e. The van der Waals surface area contributed by atoms with E-state index in [0.717, 1.165) is 0 Å². The maximum absolute atomic E-state index is 4.66. The summed E-state index contributed by atoms with van der Waals surface area (Å²) in [5, 5.41) is 0. The second-order valence-corrected chi connectivity index (χ2v) is 6.10. The average molecular weight is 159 g/mol. The Morgan fingerprint density at radius 1 is 1.86 bits per heavy atom. The van der Waals surface area contributed by atoms with E-state index in [1.165, 1.54) is 7.11 Å². The van der Waals surface area contributed by atoms with Crippen molar-refractivity contribution < 1.29 is 9.15 Å². The van der Waals surface area contributed by atoms with Crippen LogP contribution in [0.1, 0.15) is 0 Å². The normalized spacial score (nSPS) is 18.7. The molecule has 0 heterocycles. The predicted octanol–water partition coefficient (Wildman–Crippen LogP) is 0.677. The molecule has 1 unspecified atom stereocenters. The number of thiol groups is 1. The smallest absolute Gasteiger partial charge is 0.260 e. The summed E-state index contributed by atoms with van der Waals surface area (Å²) in [6.45, 7) is 0. The standard InChI is InChI=1S/CH6NO2PS2/c1-3-5(6,7)4-2/h2H2,1H3,(H,6,7). The molecular formula is CH6NO2PS2. The fourth-order valence-electron chi connectivity index (χ4n) is 0.0430. The molecule has 0 saturated carbocycles. The first-order chi connectivity index (χ1) is 3.12. The van der Waals surface area contributed by atoms with Gasteiger partial charge in [-0.25, -0.2) is 10.5 Å². The van der Waals surface area contributed by atoms with Crippen LogP contribution in [0.3, 0.4) is 0 Å². The zero-order chi connectivity index (χ0) is 5.91. The van der Waals surface area contributed by atoms with Gasteiger partial charge in [-0.2, -0.15) is 0 Å². The summed E-state index contributed by atoms with van der Waals surface area (Å²) in [5.41, 5.74) is -2.35. The van der Waals surface area contributed by atoms with Gasteiger partial charge in [-0.15, -0.1) is 0 Å². The van der Waals surface area contributed by atoms with E-state index in [1.807, 2.05) is 0 Å². The second kappa shape index (κ2) is 3.02. The highest BCUT2D eigenvalue weighted by Gasteiger charge is 2.05. The van der Waals surface area contributed by atoms with Gasteiger partial charge in [0.2, 0.25) is 0 Å². The molecule has 0 bridgehead atoms. The van der Waals surface area contributed by atoms with Crippen molar-refractivity contribution in [3.8, 4) is 0 Å². The molecule has 44 valence electrons. The molecule has 0 aliphatic carbocycles. The molecule has 0 saturated heterocycles. The Balaban J connectivity index is 3.61. The molecule has 0 aromatic heterocycles. The molecule has 0 spiro atoms. The molecule has 3 nitrogen and oxygen atoms in total. The Hall–Kier alpha value is 0.880. The van der Waals surface area contributed by atoms with Crippen LogP contribution in [0.15, 0.2) is 0 Å². The van der Waals surface area contributed by atoms with Crippen molar-refractivity contribution in [3.05, 3.63) is 0 Å².